The Bertz CT molecular complexity index is 703. The fraction of sp³-hybridized carbons (Fsp3) is 0.409. The maximum absolute atomic E-state index is 12.3. The molecular weight excluding hydrogens is 340 g/mol. The molecule has 0 atom stereocenters. The average Bonchev–Trinajstić information content (AvgIpc) is 2.68. The SMILES string of the molecule is CCCCOc1cccc(NCC(=O)Nc2ccccc2OCCCC)c1. The van der Waals surface area contributed by atoms with Crippen molar-refractivity contribution in [3.05, 3.63) is 48.5 Å². The smallest absolute Gasteiger partial charge is 0.243 e. The summed E-state index contributed by atoms with van der Waals surface area (Å²) in [5, 5.41) is 6.04. The Labute approximate surface area is 162 Å². The molecule has 5 heteroatoms. The van der Waals surface area contributed by atoms with Gasteiger partial charge in [0.1, 0.15) is 11.5 Å². The summed E-state index contributed by atoms with van der Waals surface area (Å²) < 4.78 is 11.4. The minimum atomic E-state index is -0.126. The summed E-state index contributed by atoms with van der Waals surface area (Å²) in [6.07, 6.45) is 4.18. The van der Waals surface area contributed by atoms with E-state index in [-0.39, 0.29) is 12.5 Å². The van der Waals surface area contributed by atoms with Gasteiger partial charge in [0.25, 0.3) is 0 Å². The zero-order chi connectivity index (χ0) is 19.3. The molecule has 0 aliphatic carbocycles. The summed E-state index contributed by atoms with van der Waals surface area (Å²) >= 11 is 0. The Kier molecular flexibility index (Phi) is 9.04. The van der Waals surface area contributed by atoms with Crippen LogP contribution in [0.25, 0.3) is 0 Å². The van der Waals surface area contributed by atoms with Crippen LogP contribution in [0.2, 0.25) is 0 Å². The highest BCUT2D eigenvalue weighted by molar-refractivity contribution is 5.95. The molecule has 0 saturated carbocycles. The number of carbonyl (C=O) groups excluding carboxylic acids is 1. The summed E-state index contributed by atoms with van der Waals surface area (Å²) in [5.74, 6) is 1.38. The van der Waals surface area contributed by atoms with E-state index in [9.17, 15) is 4.79 Å². The van der Waals surface area contributed by atoms with Gasteiger partial charge in [0.15, 0.2) is 0 Å². The van der Waals surface area contributed by atoms with Gasteiger partial charge in [-0.1, -0.05) is 44.9 Å². The van der Waals surface area contributed by atoms with Crippen LogP contribution in [0, 0.1) is 0 Å². The molecule has 5 nitrogen and oxygen atoms in total. The van der Waals surface area contributed by atoms with Gasteiger partial charge in [-0.15, -0.1) is 0 Å². The second-order valence-corrected chi connectivity index (χ2v) is 6.33. The van der Waals surface area contributed by atoms with Crippen LogP contribution in [-0.4, -0.2) is 25.7 Å². The van der Waals surface area contributed by atoms with Gasteiger partial charge in [-0.2, -0.15) is 0 Å². The second-order valence-electron chi connectivity index (χ2n) is 6.33. The Morgan fingerprint density at radius 1 is 0.926 bits per heavy atom. The lowest BCUT2D eigenvalue weighted by Gasteiger charge is -2.13. The summed E-state index contributed by atoms with van der Waals surface area (Å²) in [4.78, 5) is 12.3. The van der Waals surface area contributed by atoms with Crippen molar-refractivity contribution in [1.82, 2.24) is 0 Å². The van der Waals surface area contributed by atoms with E-state index in [0.717, 1.165) is 37.1 Å². The number of hydrogen-bond acceptors (Lipinski definition) is 4. The molecule has 2 N–H and O–H groups in total. The van der Waals surface area contributed by atoms with Gasteiger partial charge in [0, 0.05) is 11.8 Å². The molecule has 2 aromatic carbocycles. The third kappa shape index (κ3) is 7.60. The lowest BCUT2D eigenvalue weighted by molar-refractivity contribution is -0.114. The van der Waals surface area contributed by atoms with Crippen LogP contribution in [0.1, 0.15) is 39.5 Å². The molecule has 2 aromatic rings. The highest BCUT2D eigenvalue weighted by Gasteiger charge is 2.08. The third-order valence-electron chi connectivity index (χ3n) is 3.97. The van der Waals surface area contributed by atoms with Crippen LogP contribution in [0.3, 0.4) is 0 Å². The molecular formula is C22H30N2O3. The number of unbranched alkanes of at least 4 members (excludes halogenated alkanes) is 2. The molecule has 0 spiro atoms. The van der Waals surface area contributed by atoms with E-state index in [4.69, 9.17) is 9.47 Å². The summed E-state index contributed by atoms with van der Waals surface area (Å²) in [7, 11) is 0. The van der Waals surface area contributed by atoms with E-state index in [0.29, 0.717) is 24.7 Å². The van der Waals surface area contributed by atoms with Gasteiger partial charge < -0.3 is 20.1 Å². The summed E-state index contributed by atoms with van der Waals surface area (Å²) in [6.45, 7) is 5.77. The first-order chi connectivity index (χ1) is 13.2. The van der Waals surface area contributed by atoms with Crippen molar-refractivity contribution in [3.8, 4) is 11.5 Å². The van der Waals surface area contributed by atoms with Crippen molar-refractivity contribution >= 4 is 17.3 Å². The molecule has 0 saturated heterocycles. The highest BCUT2D eigenvalue weighted by atomic mass is 16.5. The number of anilines is 2. The highest BCUT2D eigenvalue weighted by Crippen LogP contribution is 2.24. The largest absolute Gasteiger partial charge is 0.494 e. The van der Waals surface area contributed by atoms with Crippen LogP contribution in [-0.2, 0) is 4.79 Å². The number of amides is 1. The molecule has 0 radical (unpaired) electrons. The van der Waals surface area contributed by atoms with E-state index >= 15 is 0 Å². The van der Waals surface area contributed by atoms with E-state index in [1.807, 2.05) is 48.5 Å². The second kappa shape index (κ2) is 11.8. The Morgan fingerprint density at radius 2 is 1.67 bits per heavy atom. The molecule has 2 rings (SSSR count). The van der Waals surface area contributed by atoms with Crippen molar-refractivity contribution < 1.29 is 14.3 Å². The average molecular weight is 370 g/mol. The maximum Gasteiger partial charge on any atom is 0.243 e. The first-order valence-corrected chi connectivity index (χ1v) is 9.71. The molecule has 0 heterocycles. The monoisotopic (exact) mass is 370 g/mol. The first kappa shape index (κ1) is 20.6. The number of benzene rings is 2. The van der Waals surface area contributed by atoms with Crippen molar-refractivity contribution in [3.63, 3.8) is 0 Å². The van der Waals surface area contributed by atoms with Gasteiger partial charge in [-0.25, -0.2) is 0 Å². The maximum atomic E-state index is 12.3. The Balaban J connectivity index is 1.85. The van der Waals surface area contributed by atoms with E-state index in [1.54, 1.807) is 0 Å². The van der Waals surface area contributed by atoms with E-state index in [2.05, 4.69) is 24.5 Å². The summed E-state index contributed by atoms with van der Waals surface area (Å²) in [6, 6.07) is 15.2. The third-order valence-corrected chi connectivity index (χ3v) is 3.97. The summed E-state index contributed by atoms with van der Waals surface area (Å²) in [5.41, 5.74) is 1.55. The number of carbonyl (C=O) groups is 1. The zero-order valence-corrected chi connectivity index (χ0v) is 16.3. The number of rotatable bonds is 12. The van der Waals surface area contributed by atoms with Gasteiger partial charge in [0.05, 0.1) is 25.4 Å². The van der Waals surface area contributed by atoms with Gasteiger partial charge in [-0.05, 0) is 37.1 Å². The van der Waals surface area contributed by atoms with Crippen LogP contribution >= 0.6 is 0 Å². The van der Waals surface area contributed by atoms with E-state index in [1.165, 1.54) is 0 Å². The van der Waals surface area contributed by atoms with Crippen molar-refractivity contribution in [2.45, 2.75) is 39.5 Å². The molecule has 1 amide bonds. The predicted molar refractivity (Wildman–Crippen MR) is 111 cm³/mol. The first-order valence-electron chi connectivity index (χ1n) is 9.71. The van der Waals surface area contributed by atoms with Crippen LogP contribution in [0.4, 0.5) is 11.4 Å². The van der Waals surface area contributed by atoms with Crippen molar-refractivity contribution in [2.24, 2.45) is 0 Å². The number of nitrogens with one attached hydrogen (secondary N) is 2. The zero-order valence-electron chi connectivity index (χ0n) is 16.3. The van der Waals surface area contributed by atoms with Crippen molar-refractivity contribution in [2.75, 3.05) is 30.4 Å². The standard InChI is InChI=1S/C22H30N2O3/c1-3-5-14-26-19-11-9-10-18(16-19)23-17-22(25)24-20-12-7-8-13-21(20)27-15-6-4-2/h7-13,16,23H,3-6,14-15,17H2,1-2H3,(H,24,25). The van der Waals surface area contributed by atoms with Gasteiger partial charge in [0.2, 0.25) is 5.91 Å². The van der Waals surface area contributed by atoms with Crippen LogP contribution < -0.4 is 20.1 Å². The minimum Gasteiger partial charge on any atom is -0.494 e. The van der Waals surface area contributed by atoms with Crippen molar-refractivity contribution in [1.29, 1.82) is 0 Å². The van der Waals surface area contributed by atoms with E-state index < -0.39 is 0 Å². The van der Waals surface area contributed by atoms with Crippen LogP contribution in [0.5, 0.6) is 11.5 Å². The molecule has 0 aliphatic heterocycles. The topological polar surface area (TPSA) is 59.6 Å². The lowest BCUT2D eigenvalue weighted by Crippen LogP contribution is -2.22. The normalized spacial score (nSPS) is 10.3. The number of para-hydroxylation sites is 2. The quantitative estimate of drug-likeness (QED) is 0.511. The van der Waals surface area contributed by atoms with Crippen LogP contribution in [0.15, 0.2) is 48.5 Å². The molecule has 146 valence electrons. The van der Waals surface area contributed by atoms with Gasteiger partial charge >= 0.3 is 0 Å². The number of hydrogen-bond donors (Lipinski definition) is 2. The molecule has 0 bridgehead atoms. The number of ether oxygens (including phenoxy) is 2. The molecule has 27 heavy (non-hydrogen) atoms. The Morgan fingerprint density at radius 3 is 2.44 bits per heavy atom. The molecule has 0 fully saturated rings. The minimum absolute atomic E-state index is 0.126. The predicted octanol–water partition coefficient (Wildman–Crippen LogP) is 5.10. The molecule has 0 aliphatic rings. The lowest BCUT2D eigenvalue weighted by atomic mass is 10.2. The fourth-order valence-electron chi connectivity index (χ4n) is 2.43. The fourth-order valence-corrected chi connectivity index (χ4v) is 2.43. The Hall–Kier alpha value is -2.69. The van der Waals surface area contributed by atoms with Gasteiger partial charge in [-0.3, -0.25) is 4.79 Å². The molecule has 0 aromatic heterocycles. The molecule has 0 unspecified atom stereocenters.